The molecule has 9 heterocycles. The summed E-state index contributed by atoms with van der Waals surface area (Å²) in [7, 11) is 0. The minimum absolute atomic E-state index is 0.292. The minimum Gasteiger partial charge on any atom is -0.493 e. The summed E-state index contributed by atoms with van der Waals surface area (Å²) in [6.45, 7) is 7.16. The van der Waals surface area contributed by atoms with Crippen LogP contribution in [-0.4, -0.2) is 68.4 Å². The third-order valence-electron chi connectivity index (χ3n) is 26.6. The van der Waals surface area contributed by atoms with Gasteiger partial charge in [-0.2, -0.15) is 13.2 Å². The van der Waals surface area contributed by atoms with Crippen molar-refractivity contribution < 1.29 is 32.1 Å². The maximum atomic E-state index is 15.8. The topological polar surface area (TPSA) is 97.2 Å². The highest BCUT2D eigenvalue weighted by atomic mass is 19.4. The Bertz CT molecular complexity index is 8140. The summed E-state index contributed by atoms with van der Waals surface area (Å²) in [6, 6.07) is 127. The lowest BCUT2D eigenvalue weighted by Crippen LogP contribution is -2.14. The summed E-state index contributed by atoms with van der Waals surface area (Å²) < 4.78 is 91.2. The quantitative estimate of drug-likeness (QED) is 0.0705. The van der Waals surface area contributed by atoms with Crippen LogP contribution in [0.4, 0.5) is 13.2 Å². The molecule has 9 aromatic heterocycles. The Morgan fingerprint density at radius 1 is 0.227 bits per heavy atom. The molecule has 0 atom stereocenters. The number of hydrogen-bond acceptors (Lipinski definition) is 6. The monoisotopic (exact) mass is 1720 g/mol. The SMILES string of the molecule is Cc1cc(-c2c(C)c(C)c(-n3c4ccccc4c4ccccc43)c(-n3c4ccc(OCCCOc5cc(-n6c7ccccc7c7ccccc76)nc(-n6c7ccccc7c7ccccc76)c5)cc4c4cc(OCCCOc5cc(-n6c7ccccc7c7ccccc76)nc(-n6c7ccccc7c7ccccc76)c5)ccc43)c2-n2c3ccccc3c3ccccc32)cc(C(F)(F)F)c1. The van der Waals surface area contributed by atoms with E-state index in [0.29, 0.717) is 84.6 Å². The molecule has 132 heavy (non-hydrogen) atoms. The van der Waals surface area contributed by atoms with Crippen LogP contribution in [0.15, 0.2) is 370 Å². The average molecular weight is 1720 g/mol. The number of para-hydroxylation sites is 12. The number of fused-ring (bicyclic) bond motifs is 21. The molecule has 0 aliphatic rings. The molecule has 13 nitrogen and oxygen atoms in total. The summed E-state index contributed by atoms with van der Waals surface area (Å²) in [5.41, 5.74) is 18.4. The Balaban J connectivity index is 0.631. The third-order valence-corrected chi connectivity index (χ3v) is 26.6. The van der Waals surface area contributed by atoms with Gasteiger partial charge in [0, 0.05) is 118 Å². The lowest BCUT2D eigenvalue weighted by Gasteiger charge is -2.29. The molecule has 0 saturated carbocycles. The van der Waals surface area contributed by atoms with Gasteiger partial charge < -0.3 is 32.6 Å². The number of alkyl halides is 3. The van der Waals surface area contributed by atoms with Crippen molar-refractivity contribution in [2.45, 2.75) is 39.8 Å². The number of nitrogens with zero attached hydrogens (tertiary/aromatic N) is 9. The van der Waals surface area contributed by atoms with Gasteiger partial charge in [-0.25, -0.2) is 9.97 Å². The third kappa shape index (κ3) is 12.4. The number of pyridine rings is 2. The fourth-order valence-corrected chi connectivity index (χ4v) is 21.0. The van der Waals surface area contributed by atoms with Crippen molar-refractivity contribution in [3.8, 4) is 74.5 Å². The second-order valence-corrected chi connectivity index (χ2v) is 34.3. The molecule has 0 amide bonds. The summed E-state index contributed by atoms with van der Waals surface area (Å²) in [5, 5.41) is 14.8. The van der Waals surface area contributed by atoms with Crippen molar-refractivity contribution in [3.63, 3.8) is 0 Å². The average Bonchev–Trinajstić information content (AvgIpc) is 1.51. The van der Waals surface area contributed by atoms with Gasteiger partial charge in [0.1, 0.15) is 46.3 Å². The van der Waals surface area contributed by atoms with E-state index in [2.05, 4.69) is 349 Å². The van der Waals surface area contributed by atoms with E-state index in [4.69, 9.17) is 28.9 Å². The standard InChI is InChI=1S/C116H82F3N9O4/c1-71-62-74(64-75(63-71)116(117,118)119)112-72(2)73(3)113(126-102-50-24-12-38-88(102)89-39-13-25-51-103(89)126)115(114(112)127-104-52-26-14-40-90(104)91-41-15-27-53-105(91)127)128-106-56-54-76(129-58-28-60-131-78-67-108(122-94-42-16-4-30-80(94)81-31-5-17-43-95(81)122)120-109(68-78)123-96-44-18-6-32-82(96)83-33-7-19-45-97(83)123)65-92(106)93-66-77(55-57-107(93)128)130-59-29-61-132-79-69-110(124-98-46-20-8-34-84(98)85-35-9-21-47-99(85)124)121-111(70-79)125-100-48-22-10-36-86(100)87-37-11-23-49-101(87)125/h4-27,30-57,62-70H,28-29,58-61H2,1-3H3. The van der Waals surface area contributed by atoms with E-state index in [1.807, 2.05) is 54.6 Å². The van der Waals surface area contributed by atoms with Crippen molar-refractivity contribution in [1.29, 1.82) is 0 Å². The molecule has 0 aliphatic carbocycles. The first kappa shape index (κ1) is 77.7. The Morgan fingerprint density at radius 2 is 0.470 bits per heavy atom. The van der Waals surface area contributed by atoms with E-state index in [-0.39, 0.29) is 0 Å². The number of aryl methyl sites for hydroxylation is 1. The molecule has 636 valence electrons. The van der Waals surface area contributed by atoms with Crippen LogP contribution >= 0.6 is 0 Å². The lowest BCUT2D eigenvalue weighted by atomic mass is 9.89. The Hall–Kier alpha value is -16.6. The van der Waals surface area contributed by atoms with E-state index in [9.17, 15) is 0 Å². The number of halogens is 3. The largest absolute Gasteiger partial charge is 0.493 e. The van der Waals surface area contributed by atoms with Crippen LogP contribution in [0.5, 0.6) is 23.0 Å². The number of rotatable bonds is 20. The van der Waals surface area contributed by atoms with Gasteiger partial charge >= 0.3 is 6.18 Å². The summed E-state index contributed by atoms with van der Waals surface area (Å²) in [4.78, 5) is 11.1. The highest BCUT2D eigenvalue weighted by molar-refractivity contribution is 6.18. The molecular formula is C116H82F3N9O4. The number of hydrogen-bond donors (Lipinski definition) is 0. The fraction of sp³-hybridized carbons (Fsp3) is 0.0862. The van der Waals surface area contributed by atoms with Crippen LogP contribution in [0, 0.1) is 20.8 Å². The minimum atomic E-state index is -4.66. The molecule has 16 heteroatoms. The Kier molecular flexibility index (Phi) is 18.2. The van der Waals surface area contributed by atoms with Crippen molar-refractivity contribution in [2.75, 3.05) is 26.4 Å². The van der Waals surface area contributed by atoms with Gasteiger partial charge in [0.15, 0.2) is 0 Å². The molecule has 16 aromatic carbocycles. The summed E-state index contributed by atoms with van der Waals surface area (Å²) >= 11 is 0. The predicted octanol–water partition coefficient (Wildman–Crippen LogP) is 29.5. The number of ether oxygens (including phenoxy) is 4. The van der Waals surface area contributed by atoms with Gasteiger partial charge in [-0.05, 0) is 164 Å². The van der Waals surface area contributed by atoms with E-state index in [0.717, 1.165) is 198 Å². The smallest absolute Gasteiger partial charge is 0.416 e. The van der Waals surface area contributed by atoms with E-state index in [1.165, 1.54) is 12.1 Å². The molecule has 0 spiro atoms. The highest BCUT2D eigenvalue weighted by Crippen LogP contribution is 2.52. The first-order chi connectivity index (χ1) is 64.9. The van der Waals surface area contributed by atoms with Gasteiger partial charge in [0.25, 0.3) is 0 Å². The van der Waals surface area contributed by atoms with Crippen molar-refractivity contribution in [1.82, 2.24) is 41.9 Å². The predicted molar refractivity (Wildman–Crippen MR) is 531 cm³/mol. The van der Waals surface area contributed by atoms with E-state index in [1.54, 1.807) is 6.92 Å². The van der Waals surface area contributed by atoms with Crippen molar-refractivity contribution in [2.24, 2.45) is 0 Å². The first-order valence-electron chi connectivity index (χ1n) is 44.8. The van der Waals surface area contributed by atoms with Gasteiger partial charge in [0.2, 0.25) is 0 Å². The van der Waals surface area contributed by atoms with Crippen LogP contribution in [0.3, 0.4) is 0 Å². The Labute approximate surface area is 755 Å². The molecule has 0 N–H and O–H groups in total. The molecule has 0 unspecified atom stereocenters. The fourth-order valence-electron chi connectivity index (χ4n) is 21.0. The molecule has 0 saturated heterocycles. The van der Waals surface area contributed by atoms with Gasteiger partial charge in [-0.1, -0.05) is 224 Å². The van der Waals surface area contributed by atoms with E-state index >= 15 is 13.2 Å². The zero-order valence-electron chi connectivity index (χ0n) is 72.3. The van der Waals surface area contributed by atoms with Gasteiger partial charge in [-0.3, -0.25) is 18.3 Å². The zero-order chi connectivity index (χ0) is 88.1. The lowest BCUT2D eigenvalue weighted by molar-refractivity contribution is -0.137. The van der Waals surface area contributed by atoms with Crippen molar-refractivity contribution >= 4 is 153 Å². The van der Waals surface area contributed by atoms with Crippen molar-refractivity contribution in [3.05, 3.63) is 392 Å². The second kappa shape index (κ2) is 30.8. The van der Waals surface area contributed by atoms with Crippen LogP contribution in [0.25, 0.3) is 204 Å². The molecular weight excluding hydrogens is 1640 g/mol. The second-order valence-electron chi connectivity index (χ2n) is 34.3. The maximum absolute atomic E-state index is 15.8. The first-order valence-corrected chi connectivity index (χ1v) is 44.8. The molecule has 0 fully saturated rings. The van der Waals surface area contributed by atoms with Gasteiger partial charge in [-0.15, -0.1) is 0 Å². The van der Waals surface area contributed by atoms with Gasteiger partial charge in [0.05, 0.1) is 126 Å². The number of aromatic nitrogens is 9. The normalized spacial score (nSPS) is 12.2. The highest BCUT2D eigenvalue weighted by Gasteiger charge is 2.36. The van der Waals surface area contributed by atoms with E-state index < -0.39 is 11.7 Å². The van der Waals surface area contributed by atoms with Crippen LogP contribution in [0.1, 0.15) is 35.1 Å². The molecule has 0 bridgehead atoms. The molecule has 0 aliphatic heterocycles. The molecule has 25 rings (SSSR count). The summed E-state index contributed by atoms with van der Waals surface area (Å²) in [5.74, 6) is 5.44. The van der Waals surface area contributed by atoms with Crippen LogP contribution < -0.4 is 18.9 Å². The number of benzene rings is 16. The zero-order valence-corrected chi connectivity index (χ0v) is 72.3. The molecule has 25 aromatic rings. The molecule has 0 radical (unpaired) electrons. The van der Waals surface area contributed by atoms with Crippen LogP contribution in [0.2, 0.25) is 0 Å². The summed E-state index contributed by atoms with van der Waals surface area (Å²) in [6.07, 6.45) is -3.64. The maximum Gasteiger partial charge on any atom is 0.416 e. The Morgan fingerprint density at radius 3 is 0.750 bits per heavy atom. The van der Waals surface area contributed by atoms with Crippen LogP contribution in [-0.2, 0) is 6.18 Å².